The maximum Gasteiger partial charge on any atom is 0.295 e. The largest absolute Gasteiger partial charge is 0.370 e. The molecule has 1 atom stereocenters. The van der Waals surface area contributed by atoms with Crippen LogP contribution in [0.5, 0.6) is 0 Å². The van der Waals surface area contributed by atoms with Gasteiger partial charge in [0, 0.05) is 18.0 Å². The fourth-order valence-electron chi connectivity index (χ4n) is 1.83. The number of nitro groups is 1. The van der Waals surface area contributed by atoms with E-state index in [1.807, 2.05) is 6.92 Å². The maximum absolute atomic E-state index is 11.1. The van der Waals surface area contributed by atoms with Crippen LogP contribution >= 0.6 is 0 Å². The highest BCUT2D eigenvalue weighted by Gasteiger charge is 2.19. The molecule has 1 unspecified atom stereocenters. The van der Waals surface area contributed by atoms with Crippen LogP contribution < -0.4 is 5.32 Å². The Kier molecular flexibility index (Phi) is 3.27. The summed E-state index contributed by atoms with van der Waals surface area (Å²) in [6, 6.07) is 5.09. The summed E-state index contributed by atoms with van der Waals surface area (Å²) in [5.41, 5.74) is 1.25. The molecule has 0 bridgehead atoms. The molecule has 6 heteroatoms. The molecule has 1 aromatic carbocycles. The van der Waals surface area contributed by atoms with Crippen LogP contribution in [0, 0.1) is 17.0 Å². The van der Waals surface area contributed by atoms with Crippen molar-refractivity contribution in [3.05, 3.63) is 52.1 Å². The van der Waals surface area contributed by atoms with Gasteiger partial charge in [0.1, 0.15) is 11.5 Å². The molecule has 2 N–H and O–H groups in total. The second-order valence-electron chi connectivity index (χ2n) is 4.07. The lowest BCUT2D eigenvalue weighted by atomic mass is 10.1. The van der Waals surface area contributed by atoms with E-state index in [0.29, 0.717) is 11.3 Å². The Hall–Kier alpha value is -2.37. The predicted octanol–water partition coefficient (Wildman–Crippen LogP) is 2.80. The van der Waals surface area contributed by atoms with Gasteiger partial charge in [-0.2, -0.15) is 0 Å². The fourth-order valence-corrected chi connectivity index (χ4v) is 1.83. The van der Waals surface area contributed by atoms with Crippen molar-refractivity contribution in [2.24, 2.45) is 0 Å². The molecule has 0 aliphatic heterocycles. The third-order valence-electron chi connectivity index (χ3n) is 2.72. The van der Waals surface area contributed by atoms with E-state index in [2.05, 4.69) is 15.3 Å². The quantitative estimate of drug-likeness (QED) is 0.641. The molecule has 0 fully saturated rings. The molecule has 94 valence electrons. The Balaban J connectivity index is 2.29. The zero-order valence-corrected chi connectivity index (χ0v) is 10.2. The Labute approximate surface area is 104 Å². The summed E-state index contributed by atoms with van der Waals surface area (Å²) in [4.78, 5) is 17.8. The Bertz CT molecular complexity index is 551. The Morgan fingerprint density at radius 3 is 2.89 bits per heavy atom. The number of hydrogen-bond acceptors (Lipinski definition) is 4. The van der Waals surface area contributed by atoms with Crippen molar-refractivity contribution in [2.45, 2.75) is 19.9 Å². The van der Waals surface area contributed by atoms with Crippen LogP contribution in [-0.2, 0) is 0 Å². The molecule has 2 rings (SSSR count). The number of aryl methyl sites for hydroxylation is 1. The number of H-pyrrole nitrogens is 1. The highest BCUT2D eigenvalue weighted by molar-refractivity contribution is 5.65. The number of rotatable bonds is 4. The smallest absolute Gasteiger partial charge is 0.295 e. The molecular formula is C12H14N4O2. The van der Waals surface area contributed by atoms with E-state index < -0.39 is 0 Å². The van der Waals surface area contributed by atoms with Gasteiger partial charge in [-0.15, -0.1) is 0 Å². The number of benzene rings is 1. The molecule has 0 aliphatic rings. The minimum absolute atomic E-state index is 0.107. The molecule has 1 heterocycles. The number of imidazole rings is 1. The van der Waals surface area contributed by atoms with Crippen LogP contribution in [0.1, 0.15) is 24.4 Å². The summed E-state index contributed by atoms with van der Waals surface area (Å²) in [5.74, 6) is 0.741. The minimum Gasteiger partial charge on any atom is -0.370 e. The van der Waals surface area contributed by atoms with Crippen LogP contribution in [0.25, 0.3) is 0 Å². The minimum atomic E-state index is -0.369. The fraction of sp³-hybridized carbons (Fsp3) is 0.250. The van der Waals surface area contributed by atoms with E-state index in [4.69, 9.17) is 0 Å². The number of aromatic nitrogens is 2. The van der Waals surface area contributed by atoms with Crippen molar-refractivity contribution in [1.82, 2.24) is 9.97 Å². The lowest BCUT2D eigenvalue weighted by Crippen LogP contribution is -2.10. The van der Waals surface area contributed by atoms with Crippen molar-refractivity contribution < 1.29 is 4.92 Å². The van der Waals surface area contributed by atoms with E-state index in [9.17, 15) is 10.1 Å². The zero-order valence-electron chi connectivity index (χ0n) is 10.2. The molecule has 0 radical (unpaired) electrons. The average molecular weight is 246 g/mol. The first-order valence-corrected chi connectivity index (χ1v) is 5.59. The number of aromatic amines is 1. The lowest BCUT2D eigenvalue weighted by Gasteiger charge is -2.13. The average Bonchev–Trinajstić information content (AvgIpc) is 2.81. The van der Waals surface area contributed by atoms with E-state index in [0.717, 1.165) is 5.82 Å². The Morgan fingerprint density at radius 1 is 1.50 bits per heavy atom. The van der Waals surface area contributed by atoms with Crippen LogP contribution in [0.4, 0.5) is 11.4 Å². The molecule has 0 aliphatic carbocycles. The number of para-hydroxylation sites is 1. The first-order valence-electron chi connectivity index (χ1n) is 5.59. The summed E-state index contributed by atoms with van der Waals surface area (Å²) in [7, 11) is 0. The van der Waals surface area contributed by atoms with Crippen LogP contribution in [-0.4, -0.2) is 14.9 Å². The van der Waals surface area contributed by atoms with Gasteiger partial charge in [0.25, 0.3) is 5.69 Å². The second-order valence-corrected chi connectivity index (χ2v) is 4.07. The van der Waals surface area contributed by atoms with Gasteiger partial charge in [0.05, 0.1) is 11.0 Å². The van der Waals surface area contributed by atoms with E-state index in [1.165, 1.54) is 0 Å². The first kappa shape index (κ1) is 12.1. The molecule has 6 nitrogen and oxygen atoms in total. The van der Waals surface area contributed by atoms with E-state index >= 15 is 0 Å². The van der Waals surface area contributed by atoms with E-state index in [-0.39, 0.29) is 16.7 Å². The van der Waals surface area contributed by atoms with Crippen molar-refractivity contribution in [2.75, 3.05) is 5.32 Å². The number of nitro benzene ring substituents is 1. The topological polar surface area (TPSA) is 83.8 Å². The number of hydrogen-bond donors (Lipinski definition) is 2. The van der Waals surface area contributed by atoms with Gasteiger partial charge in [-0.3, -0.25) is 10.1 Å². The normalized spacial score (nSPS) is 12.1. The van der Waals surface area contributed by atoms with Gasteiger partial charge in [0.2, 0.25) is 0 Å². The molecule has 0 saturated heterocycles. The van der Waals surface area contributed by atoms with Crippen LogP contribution in [0.15, 0.2) is 30.6 Å². The molecule has 2 aromatic rings. The standard InChI is InChI=1S/C12H14N4O2/c1-8-4-3-5-10(11(8)16(17)18)15-9(2)12-13-6-7-14-12/h3-7,9,15H,1-2H3,(H,13,14). The van der Waals surface area contributed by atoms with Crippen molar-refractivity contribution in [1.29, 1.82) is 0 Å². The predicted molar refractivity (Wildman–Crippen MR) is 68.5 cm³/mol. The third-order valence-corrected chi connectivity index (χ3v) is 2.72. The first-order chi connectivity index (χ1) is 8.59. The van der Waals surface area contributed by atoms with Gasteiger partial charge in [-0.25, -0.2) is 4.98 Å². The number of nitrogens with zero attached hydrogens (tertiary/aromatic N) is 2. The van der Waals surface area contributed by atoms with E-state index in [1.54, 1.807) is 37.5 Å². The second kappa shape index (κ2) is 4.87. The zero-order chi connectivity index (χ0) is 13.1. The van der Waals surface area contributed by atoms with Gasteiger partial charge in [0.15, 0.2) is 0 Å². The third kappa shape index (κ3) is 2.32. The molecule has 0 saturated carbocycles. The van der Waals surface area contributed by atoms with Gasteiger partial charge in [-0.05, 0) is 19.9 Å². The Morgan fingerprint density at radius 2 is 2.28 bits per heavy atom. The SMILES string of the molecule is Cc1cccc(NC(C)c2ncc[nH]2)c1[N+](=O)[O-]. The highest BCUT2D eigenvalue weighted by atomic mass is 16.6. The monoisotopic (exact) mass is 246 g/mol. The summed E-state index contributed by atoms with van der Waals surface area (Å²) in [6.07, 6.45) is 3.37. The van der Waals surface area contributed by atoms with Crippen molar-refractivity contribution in [3.63, 3.8) is 0 Å². The summed E-state index contributed by atoms with van der Waals surface area (Å²) < 4.78 is 0. The summed E-state index contributed by atoms with van der Waals surface area (Å²) in [5, 5.41) is 14.2. The summed E-state index contributed by atoms with van der Waals surface area (Å²) >= 11 is 0. The molecular weight excluding hydrogens is 232 g/mol. The van der Waals surface area contributed by atoms with Crippen molar-refractivity contribution >= 4 is 11.4 Å². The molecule has 1 aromatic heterocycles. The number of anilines is 1. The summed E-state index contributed by atoms with van der Waals surface area (Å²) in [6.45, 7) is 3.62. The number of nitrogens with one attached hydrogen (secondary N) is 2. The van der Waals surface area contributed by atoms with Gasteiger partial charge >= 0.3 is 0 Å². The lowest BCUT2D eigenvalue weighted by molar-refractivity contribution is -0.384. The maximum atomic E-state index is 11.1. The van der Waals surface area contributed by atoms with Gasteiger partial charge in [-0.1, -0.05) is 12.1 Å². The van der Waals surface area contributed by atoms with Crippen LogP contribution in [0.3, 0.4) is 0 Å². The molecule has 0 amide bonds. The molecule has 0 spiro atoms. The highest BCUT2D eigenvalue weighted by Crippen LogP contribution is 2.30. The van der Waals surface area contributed by atoms with Crippen LogP contribution in [0.2, 0.25) is 0 Å². The van der Waals surface area contributed by atoms with Crippen molar-refractivity contribution in [3.8, 4) is 0 Å². The molecule has 18 heavy (non-hydrogen) atoms. The van der Waals surface area contributed by atoms with Gasteiger partial charge < -0.3 is 10.3 Å².